The number of halogens is 5. The van der Waals surface area contributed by atoms with E-state index in [1.54, 1.807) is 0 Å². The lowest BCUT2D eigenvalue weighted by Gasteiger charge is -2.23. The highest BCUT2D eigenvalue weighted by molar-refractivity contribution is 6.31. The normalized spacial score (nSPS) is 12.2. The van der Waals surface area contributed by atoms with Gasteiger partial charge in [0.05, 0.1) is 18.2 Å². The van der Waals surface area contributed by atoms with Crippen LogP contribution in [0.3, 0.4) is 0 Å². The third kappa shape index (κ3) is 4.80. The molecule has 2 nitrogen and oxygen atoms in total. The van der Waals surface area contributed by atoms with Crippen molar-refractivity contribution in [3.05, 3.63) is 34.6 Å². The quantitative estimate of drug-likeness (QED) is 0.841. The van der Waals surface area contributed by atoms with Crippen LogP contribution in [0, 0.1) is 5.82 Å². The van der Waals surface area contributed by atoms with Gasteiger partial charge in [-0.15, -0.1) is 0 Å². The van der Waals surface area contributed by atoms with Crippen LogP contribution in [0.1, 0.15) is 5.56 Å². The molecule has 0 aliphatic rings. The molecule has 0 saturated heterocycles. The molecule has 0 radical (unpaired) electrons. The van der Waals surface area contributed by atoms with Gasteiger partial charge in [-0.25, -0.2) is 4.39 Å². The SMILES string of the molecule is OCCN(Cc1cccc(F)c1Cl)CC(F)(F)F. The summed E-state index contributed by atoms with van der Waals surface area (Å²) in [5.74, 6) is -0.676. The fourth-order valence-electron chi connectivity index (χ4n) is 1.52. The van der Waals surface area contributed by atoms with Crippen molar-refractivity contribution in [2.75, 3.05) is 19.7 Å². The van der Waals surface area contributed by atoms with Gasteiger partial charge in [-0.05, 0) is 11.6 Å². The van der Waals surface area contributed by atoms with Gasteiger partial charge in [0, 0.05) is 13.1 Å². The summed E-state index contributed by atoms with van der Waals surface area (Å²) in [6.45, 7) is -1.92. The van der Waals surface area contributed by atoms with Crippen LogP contribution >= 0.6 is 11.6 Å². The Bertz CT molecular complexity index is 397. The molecule has 0 atom stereocenters. The minimum Gasteiger partial charge on any atom is -0.395 e. The summed E-state index contributed by atoms with van der Waals surface area (Å²) >= 11 is 5.66. The lowest BCUT2D eigenvalue weighted by molar-refractivity contribution is -0.147. The lowest BCUT2D eigenvalue weighted by atomic mass is 10.2. The van der Waals surface area contributed by atoms with Crippen molar-refractivity contribution in [3.63, 3.8) is 0 Å². The molecular formula is C11H12ClF4NO. The first-order valence-corrected chi connectivity index (χ1v) is 5.54. The number of benzene rings is 1. The average molecular weight is 286 g/mol. The van der Waals surface area contributed by atoms with Crippen LogP contribution < -0.4 is 0 Å². The van der Waals surface area contributed by atoms with Crippen molar-refractivity contribution < 1.29 is 22.7 Å². The monoisotopic (exact) mass is 285 g/mol. The first-order chi connectivity index (χ1) is 8.33. The molecule has 0 aromatic heterocycles. The maximum Gasteiger partial charge on any atom is 0.401 e. The molecule has 1 aromatic carbocycles. The summed E-state index contributed by atoms with van der Waals surface area (Å²) in [7, 11) is 0. The Morgan fingerprint density at radius 2 is 1.94 bits per heavy atom. The van der Waals surface area contributed by atoms with Gasteiger partial charge in [-0.2, -0.15) is 13.2 Å². The number of alkyl halides is 3. The van der Waals surface area contributed by atoms with Gasteiger partial charge in [0.15, 0.2) is 0 Å². The van der Waals surface area contributed by atoms with E-state index < -0.39 is 25.1 Å². The van der Waals surface area contributed by atoms with E-state index in [-0.39, 0.29) is 23.7 Å². The number of rotatable bonds is 5. The summed E-state index contributed by atoms with van der Waals surface area (Å²) in [5.41, 5.74) is 0.259. The molecule has 1 aromatic rings. The van der Waals surface area contributed by atoms with Crippen LogP contribution in [-0.4, -0.2) is 35.9 Å². The molecule has 0 spiro atoms. The first kappa shape index (κ1) is 15.2. The molecule has 0 bridgehead atoms. The van der Waals surface area contributed by atoms with Gasteiger partial charge in [0.1, 0.15) is 5.82 Å². The maximum atomic E-state index is 13.1. The van der Waals surface area contributed by atoms with Crippen LogP contribution in [0.4, 0.5) is 17.6 Å². The summed E-state index contributed by atoms with van der Waals surface area (Å²) in [6, 6.07) is 3.96. The second kappa shape index (κ2) is 6.36. The highest BCUT2D eigenvalue weighted by Gasteiger charge is 2.30. The van der Waals surface area contributed by atoms with E-state index in [4.69, 9.17) is 16.7 Å². The molecule has 1 N–H and O–H groups in total. The number of aliphatic hydroxyl groups is 1. The summed E-state index contributed by atoms with van der Waals surface area (Å²) in [6.07, 6.45) is -4.38. The fourth-order valence-corrected chi connectivity index (χ4v) is 1.71. The molecule has 0 amide bonds. The Balaban J connectivity index is 2.80. The Kier molecular flexibility index (Phi) is 5.37. The molecule has 0 heterocycles. The van der Waals surface area contributed by atoms with Crippen molar-refractivity contribution in [3.8, 4) is 0 Å². The molecule has 0 unspecified atom stereocenters. The zero-order valence-electron chi connectivity index (χ0n) is 9.34. The Hall–Kier alpha value is -0.850. The topological polar surface area (TPSA) is 23.5 Å². The van der Waals surface area contributed by atoms with Crippen molar-refractivity contribution in [1.82, 2.24) is 4.90 Å². The second-order valence-corrected chi connectivity index (χ2v) is 4.14. The molecule has 1 rings (SSSR count). The van der Waals surface area contributed by atoms with Gasteiger partial charge in [-0.3, -0.25) is 4.90 Å². The summed E-state index contributed by atoms with van der Waals surface area (Å²) in [5, 5.41) is 8.53. The number of nitrogens with zero attached hydrogens (tertiary/aromatic N) is 1. The van der Waals surface area contributed by atoms with Crippen LogP contribution in [0.25, 0.3) is 0 Å². The number of aliphatic hydroxyl groups excluding tert-OH is 1. The maximum absolute atomic E-state index is 13.1. The largest absolute Gasteiger partial charge is 0.401 e. The van der Waals surface area contributed by atoms with Gasteiger partial charge >= 0.3 is 6.18 Å². The van der Waals surface area contributed by atoms with Crippen LogP contribution in [0.15, 0.2) is 18.2 Å². The molecule has 7 heteroatoms. The van der Waals surface area contributed by atoms with Gasteiger partial charge in [0.2, 0.25) is 0 Å². The van der Waals surface area contributed by atoms with Crippen molar-refractivity contribution in [2.45, 2.75) is 12.7 Å². The lowest BCUT2D eigenvalue weighted by Crippen LogP contribution is -2.35. The summed E-state index contributed by atoms with van der Waals surface area (Å²) in [4.78, 5) is 0.959. The number of hydrogen-bond donors (Lipinski definition) is 1. The van der Waals surface area contributed by atoms with E-state index in [1.165, 1.54) is 12.1 Å². The van der Waals surface area contributed by atoms with E-state index >= 15 is 0 Å². The molecule has 102 valence electrons. The minimum atomic E-state index is -4.38. The Morgan fingerprint density at radius 1 is 1.28 bits per heavy atom. The molecule has 0 aliphatic heterocycles. The van der Waals surface area contributed by atoms with Crippen molar-refractivity contribution in [1.29, 1.82) is 0 Å². The highest BCUT2D eigenvalue weighted by atomic mass is 35.5. The standard InChI is InChI=1S/C11H12ClF4NO/c12-10-8(2-1-3-9(10)13)6-17(4-5-18)7-11(14,15)16/h1-3,18H,4-7H2. The highest BCUT2D eigenvalue weighted by Crippen LogP contribution is 2.23. The Morgan fingerprint density at radius 3 is 2.50 bits per heavy atom. The van der Waals surface area contributed by atoms with E-state index in [2.05, 4.69) is 0 Å². The van der Waals surface area contributed by atoms with Gasteiger partial charge in [-0.1, -0.05) is 23.7 Å². The average Bonchev–Trinajstić information content (AvgIpc) is 2.23. The fraction of sp³-hybridized carbons (Fsp3) is 0.455. The van der Waals surface area contributed by atoms with E-state index in [0.717, 1.165) is 11.0 Å². The molecule has 0 aliphatic carbocycles. The summed E-state index contributed by atoms with van der Waals surface area (Å²) < 4.78 is 50.0. The molecule has 18 heavy (non-hydrogen) atoms. The zero-order chi connectivity index (χ0) is 13.8. The smallest absolute Gasteiger partial charge is 0.395 e. The predicted octanol–water partition coefficient (Wildman–Crippen LogP) is 2.84. The first-order valence-electron chi connectivity index (χ1n) is 5.16. The van der Waals surface area contributed by atoms with E-state index in [9.17, 15) is 17.6 Å². The van der Waals surface area contributed by atoms with Crippen molar-refractivity contribution >= 4 is 11.6 Å². The number of hydrogen-bond acceptors (Lipinski definition) is 2. The Labute approximate surface area is 107 Å². The molecule has 0 saturated carbocycles. The third-order valence-corrected chi connectivity index (χ3v) is 2.67. The van der Waals surface area contributed by atoms with E-state index in [0.29, 0.717) is 0 Å². The van der Waals surface area contributed by atoms with E-state index in [1.807, 2.05) is 0 Å². The van der Waals surface area contributed by atoms with Crippen LogP contribution in [0.5, 0.6) is 0 Å². The second-order valence-electron chi connectivity index (χ2n) is 3.76. The predicted molar refractivity (Wildman–Crippen MR) is 59.8 cm³/mol. The van der Waals surface area contributed by atoms with Gasteiger partial charge in [0.25, 0.3) is 0 Å². The minimum absolute atomic E-state index is 0.160. The van der Waals surface area contributed by atoms with Gasteiger partial charge < -0.3 is 5.11 Å². The molecule has 0 fully saturated rings. The van der Waals surface area contributed by atoms with Crippen molar-refractivity contribution in [2.24, 2.45) is 0 Å². The van der Waals surface area contributed by atoms with Crippen LogP contribution in [-0.2, 0) is 6.54 Å². The third-order valence-electron chi connectivity index (χ3n) is 2.24. The zero-order valence-corrected chi connectivity index (χ0v) is 10.1. The molecular weight excluding hydrogens is 274 g/mol. The van der Waals surface area contributed by atoms with Crippen LogP contribution in [0.2, 0.25) is 5.02 Å².